The van der Waals surface area contributed by atoms with Crippen molar-refractivity contribution in [3.63, 3.8) is 0 Å². The van der Waals surface area contributed by atoms with Gasteiger partial charge in [0.2, 0.25) is 5.91 Å². The van der Waals surface area contributed by atoms with Gasteiger partial charge in [0.25, 0.3) is 0 Å². The second kappa shape index (κ2) is 8.48. The molecule has 0 saturated heterocycles. The number of nitrogens with zero attached hydrogens (tertiary/aromatic N) is 5. The standard InChI is InChI=1S/C28H28N6OS/c1-16-7-9-21(10-8-16)24-23-17(2)18(3)36-26(23)34-19(4)32-33-27(34)28(31-24)14-22(28)25(35)30-13-11-20-6-5-12-29-15-20/h5-10,12,15,22H,11,13-14H2,1-4H3,(H,30,35)/t22-,28?/m1/s1. The Morgan fingerprint density at radius 3 is 2.69 bits per heavy atom. The minimum atomic E-state index is -0.723. The number of amides is 1. The van der Waals surface area contributed by atoms with Crippen LogP contribution in [0.4, 0.5) is 0 Å². The van der Waals surface area contributed by atoms with Crippen molar-refractivity contribution >= 4 is 23.0 Å². The van der Waals surface area contributed by atoms with E-state index in [1.807, 2.05) is 25.3 Å². The highest BCUT2D eigenvalue weighted by Crippen LogP contribution is 2.58. The molecule has 8 heteroatoms. The number of pyridine rings is 1. The third kappa shape index (κ3) is 3.59. The molecular weight excluding hydrogens is 468 g/mol. The van der Waals surface area contributed by atoms with Gasteiger partial charge in [-0.05, 0) is 57.7 Å². The molecule has 1 aliphatic carbocycles. The predicted octanol–water partition coefficient (Wildman–Crippen LogP) is 4.38. The maximum Gasteiger partial charge on any atom is 0.226 e. The topological polar surface area (TPSA) is 85.1 Å². The predicted molar refractivity (Wildman–Crippen MR) is 141 cm³/mol. The van der Waals surface area contributed by atoms with Crippen molar-refractivity contribution in [3.05, 3.63) is 93.1 Å². The molecule has 1 saturated carbocycles. The lowest BCUT2D eigenvalue weighted by Gasteiger charge is -2.13. The summed E-state index contributed by atoms with van der Waals surface area (Å²) in [4.78, 5) is 24.2. The van der Waals surface area contributed by atoms with Gasteiger partial charge in [0, 0.05) is 34.9 Å². The number of aryl methyl sites for hydroxylation is 3. The van der Waals surface area contributed by atoms with Crippen molar-refractivity contribution in [1.29, 1.82) is 0 Å². The molecule has 2 aliphatic rings. The summed E-state index contributed by atoms with van der Waals surface area (Å²) in [6.45, 7) is 8.92. The molecule has 1 unspecified atom stereocenters. The Morgan fingerprint density at radius 2 is 1.94 bits per heavy atom. The Bertz CT molecular complexity index is 1500. The van der Waals surface area contributed by atoms with E-state index in [2.05, 4.69) is 70.1 Å². The number of nitrogens with one attached hydrogen (secondary N) is 1. The van der Waals surface area contributed by atoms with Crippen LogP contribution < -0.4 is 5.32 Å². The second-order valence-corrected chi connectivity index (χ2v) is 11.0. The lowest BCUT2D eigenvalue weighted by Crippen LogP contribution is -2.30. The largest absolute Gasteiger partial charge is 0.355 e. The second-order valence-electron chi connectivity index (χ2n) is 9.78. The summed E-state index contributed by atoms with van der Waals surface area (Å²) < 4.78 is 2.13. The summed E-state index contributed by atoms with van der Waals surface area (Å²) in [6.07, 6.45) is 4.95. The molecule has 36 heavy (non-hydrogen) atoms. The van der Waals surface area contributed by atoms with Crippen LogP contribution in [-0.4, -0.2) is 37.9 Å². The SMILES string of the molecule is Cc1ccc(C2=NC3(C[C@@H]3C(=O)NCCc3cccnc3)c3nnc(C)n3-c3sc(C)c(C)c32)cc1. The molecule has 7 nitrogen and oxygen atoms in total. The van der Waals surface area contributed by atoms with E-state index >= 15 is 0 Å². The average molecular weight is 497 g/mol. The Labute approximate surface area is 214 Å². The molecule has 6 rings (SSSR count). The Morgan fingerprint density at radius 1 is 1.14 bits per heavy atom. The van der Waals surface area contributed by atoms with E-state index in [-0.39, 0.29) is 11.8 Å². The molecule has 1 fully saturated rings. The first-order valence-corrected chi connectivity index (χ1v) is 13.1. The van der Waals surface area contributed by atoms with Crippen molar-refractivity contribution in [3.8, 4) is 5.00 Å². The number of rotatable bonds is 5. The van der Waals surface area contributed by atoms with Crippen molar-refractivity contribution in [2.24, 2.45) is 10.9 Å². The molecule has 1 aromatic carbocycles. The number of hydrogen-bond acceptors (Lipinski definition) is 6. The molecule has 1 N–H and O–H groups in total. The molecule has 3 aromatic heterocycles. The number of aliphatic imine (C=N–C) groups is 1. The quantitative estimate of drug-likeness (QED) is 0.444. The Balaban J connectivity index is 1.41. The van der Waals surface area contributed by atoms with Gasteiger partial charge in [0.15, 0.2) is 5.82 Å². The number of hydrogen-bond donors (Lipinski definition) is 1. The summed E-state index contributed by atoms with van der Waals surface area (Å²) in [7, 11) is 0. The minimum absolute atomic E-state index is 0.0104. The fourth-order valence-corrected chi connectivity index (χ4v) is 6.30. The van der Waals surface area contributed by atoms with E-state index in [0.29, 0.717) is 13.0 Å². The van der Waals surface area contributed by atoms with Crippen LogP contribution in [0.15, 0.2) is 53.8 Å². The van der Waals surface area contributed by atoms with Crippen LogP contribution in [0.5, 0.6) is 0 Å². The van der Waals surface area contributed by atoms with Crippen molar-refractivity contribution in [2.45, 2.75) is 46.1 Å². The highest BCUT2D eigenvalue weighted by Gasteiger charge is 2.64. The third-order valence-electron chi connectivity index (χ3n) is 7.34. The minimum Gasteiger partial charge on any atom is -0.355 e. The van der Waals surface area contributed by atoms with Crippen LogP contribution in [0.1, 0.15) is 50.8 Å². The van der Waals surface area contributed by atoms with Gasteiger partial charge < -0.3 is 5.32 Å². The van der Waals surface area contributed by atoms with Gasteiger partial charge in [-0.15, -0.1) is 21.5 Å². The molecule has 0 bridgehead atoms. The van der Waals surface area contributed by atoms with Crippen molar-refractivity contribution in [2.75, 3.05) is 6.54 Å². The van der Waals surface area contributed by atoms with E-state index in [0.717, 1.165) is 45.5 Å². The summed E-state index contributed by atoms with van der Waals surface area (Å²) >= 11 is 1.74. The lowest BCUT2D eigenvalue weighted by molar-refractivity contribution is -0.122. The number of fused-ring (bicyclic) bond motifs is 4. The third-order valence-corrected chi connectivity index (χ3v) is 8.53. The summed E-state index contributed by atoms with van der Waals surface area (Å²) in [5.41, 5.74) is 5.89. The first kappa shape index (κ1) is 22.8. The smallest absolute Gasteiger partial charge is 0.226 e. The monoisotopic (exact) mass is 496 g/mol. The Kier molecular flexibility index (Phi) is 5.37. The Hall–Kier alpha value is -3.65. The van der Waals surface area contributed by atoms with Gasteiger partial charge in [-0.25, -0.2) is 0 Å². The molecule has 4 heterocycles. The number of thiophene rings is 1. The first-order chi connectivity index (χ1) is 17.4. The number of carbonyl (C=O) groups excluding carboxylic acids is 1. The molecule has 4 aromatic rings. The van der Waals surface area contributed by atoms with Gasteiger partial charge >= 0.3 is 0 Å². The van der Waals surface area contributed by atoms with Crippen molar-refractivity contribution in [1.82, 2.24) is 25.1 Å². The normalized spacial score (nSPS) is 19.9. The zero-order chi connectivity index (χ0) is 25.0. The van der Waals surface area contributed by atoms with Gasteiger partial charge in [-0.3, -0.25) is 19.3 Å². The molecule has 1 spiro atoms. The van der Waals surface area contributed by atoms with Gasteiger partial charge in [-0.2, -0.15) is 0 Å². The molecule has 1 aliphatic heterocycles. The fraction of sp³-hybridized carbons (Fsp3) is 0.321. The van der Waals surface area contributed by atoms with Crippen molar-refractivity contribution < 1.29 is 4.79 Å². The summed E-state index contributed by atoms with van der Waals surface area (Å²) in [6, 6.07) is 12.4. The highest BCUT2D eigenvalue weighted by atomic mass is 32.1. The zero-order valence-corrected chi connectivity index (χ0v) is 21.7. The average Bonchev–Trinajstić information content (AvgIpc) is 3.40. The summed E-state index contributed by atoms with van der Waals surface area (Å²) in [5, 5.41) is 13.2. The van der Waals surface area contributed by atoms with Crippen LogP contribution in [0.3, 0.4) is 0 Å². The van der Waals surface area contributed by atoms with Crippen LogP contribution in [0, 0.1) is 33.6 Å². The van der Waals surface area contributed by atoms with Crippen LogP contribution in [-0.2, 0) is 16.8 Å². The van der Waals surface area contributed by atoms with Gasteiger partial charge in [0.05, 0.1) is 11.6 Å². The van der Waals surface area contributed by atoms with E-state index < -0.39 is 5.54 Å². The number of aromatic nitrogens is 4. The van der Waals surface area contributed by atoms with E-state index in [1.165, 1.54) is 16.0 Å². The molecular formula is C28H28N6OS. The van der Waals surface area contributed by atoms with Crippen LogP contribution in [0.25, 0.3) is 5.00 Å². The molecule has 0 radical (unpaired) electrons. The van der Waals surface area contributed by atoms with Gasteiger partial charge in [-0.1, -0.05) is 35.9 Å². The number of benzene rings is 1. The highest BCUT2D eigenvalue weighted by molar-refractivity contribution is 7.15. The fourth-order valence-electron chi connectivity index (χ4n) is 5.09. The van der Waals surface area contributed by atoms with Crippen LogP contribution in [0.2, 0.25) is 0 Å². The van der Waals surface area contributed by atoms with E-state index in [9.17, 15) is 4.79 Å². The van der Waals surface area contributed by atoms with Gasteiger partial charge in [0.1, 0.15) is 16.4 Å². The molecule has 182 valence electrons. The zero-order valence-electron chi connectivity index (χ0n) is 20.9. The molecule has 2 atom stereocenters. The van der Waals surface area contributed by atoms with E-state index in [1.54, 1.807) is 17.5 Å². The maximum atomic E-state index is 13.4. The number of carbonyl (C=O) groups is 1. The lowest BCUT2D eigenvalue weighted by atomic mass is 9.98. The van der Waals surface area contributed by atoms with Crippen LogP contribution >= 0.6 is 11.3 Å². The maximum absolute atomic E-state index is 13.4. The first-order valence-electron chi connectivity index (χ1n) is 12.3. The van der Waals surface area contributed by atoms with E-state index in [4.69, 9.17) is 4.99 Å². The summed E-state index contributed by atoms with van der Waals surface area (Å²) in [5.74, 6) is 1.30. The molecule has 1 amide bonds.